The van der Waals surface area contributed by atoms with E-state index in [1.54, 1.807) is 13.3 Å². The van der Waals surface area contributed by atoms with Gasteiger partial charge in [0.1, 0.15) is 5.75 Å². The molecule has 0 saturated heterocycles. The molecule has 0 aliphatic rings. The highest BCUT2D eigenvalue weighted by Gasteiger charge is 2.23. The Hall–Kier alpha value is -3.65. The highest BCUT2D eigenvalue weighted by Crippen LogP contribution is 2.27. The molecule has 0 spiro atoms. The zero-order valence-electron chi connectivity index (χ0n) is 19.6. The Morgan fingerprint density at radius 2 is 1.97 bits per heavy atom. The molecule has 172 valence electrons. The van der Waals surface area contributed by atoms with Crippen molar-refractivity contribution in [3.8, 4) is 16.9 Å². The van der Waals surface area contributed by atoms with Crippen LogP contribution in [-0.2, 0) is 13.1 Å². The maximum Gasteiger partial charge on any atom is 0.275 e. The first-order valence-corrected chi connectivity index (χ1v) is 11.1. The monoisotopic (exact) mass is 446 g/mol. The van der Waals surface area contributed by atoms with Crippen LogP contribution in [0.1, 0.15) is 23.0 Å². The van der Waals surface area contributed by atoms with Crippen LogP contribution in [0, 0.1) is 0 Å². The lowest BCUT2D eigenvalue weighted by Crippen LogP contribution is -2.36. The number of rotatable bonds is 9. The van der Waals surface area contributed by atoms with Gasteiger partial charge in [0.05, 0.1) is 18.8 Å². The molecule has 8 heteroatoms. The van der Waals surface area contributed by atoms with E-state index in [-0.39, 0.29) is 5.91 Å². The molecule has 4 rings (SSSR count). The molecule has 0 aliphatic heterocycles. The Balaban J connectivity index is 1.70. The van der Waals surface area contributed by atoms with E-state index >= 15 is 0 Å². The van der Waals surface area contributed by atoms with E-state index in [4.69, 9.17) is 9.84 Å². The molecule has 1 N–H and O–H groups in total. The van der Waals surface area contributed by atoms with Gasteiger partial charge in [-0.3, -0.25) is 14.6 Å². The number of carbonyl (C=O) groups excluding carboxylic acids is 1. The van der Waals surface area contributed by atoms with Crippen molar-refractivity contribution in [2.24, 2.45) is 0 Å². The molecule has 0 aliphatic carbocycles. The molecule has 0 fully saturated rings. The van der Waals surface area contributed by atoms with Crippen molar-refractivity contribution in [2.45, 2.75) is 20.0 Å². The average molecular weight is 447 g/mol. The fourth-order valence-corrected chi connectivity index (χ4v) is 3.88. The summed E-state index contributed by atoms with van der Waals surface area (Å²) >= 11 is 0. The van der Waals surface area contributed by atoms with Gasteiger partial charge in [-0.25, -0.2) is 0 Å². The molecule has 8 nitrogen and oxygen atoms in total. The summed E-state index contributed by atoms with van der Waals surface area (Å²) in [7, 11) is 5.66. The molecular weight excluding hydrogens is 416 g/mol. The van der Waals surface area contributed by atoms with Gasteiger partial charge in [0.15, 0.2) is 5.69 Å². The number of fused-ring (bicyclic) bond motifs is 1. The second-order valence-corrected chi connectivity index (χ2v) is 8.26. The van der Waals surface area contributed by atoms with Crippen LogP contribution in [0.4, 0.5) is 0 Å². The zero-order chi connectivity index (χ0) is 23.4. The van der Waals surface area contributed by atoms with Gasteiger partial charge in [-0.1, -0.05) is 18.2 Å². The highest BCUT2D eigenvalue weighted by molar-refractivity contribution is 6.05. The SMILES string of the molecule is CCn1nc(C(=O)N(CCN(C)C)Cc2cccc(OC)c2)c2ccc(-c3cn[nH]c3)cc21. The van der Waals surface area contributed by atoms with Crippen molar-refractivity contribution < 1.29 is 9.53 Å². The summed E-state index contributed by atoms with van der Waals surface area (Å²) < 4.78 is 7.25. The standard InChI is InChI=1S/C25H30N6O2/c1-5-31-23-14-19(20-15-26-27-16-20)9-10-22(23)24(28-31)25(32)30(12-11-29(2)3)17-18-7-6-8-21(13-18)33-4/h6-10,13-16H,5,11-12,17H2,1-4H3,(H,26,27). The molecule has 1 amide bonds. The number of hydrogen-bond acceptors (Lipinski definition) is 5. The van der Waals surface area contributed by atoms with E-state index in [0.29, 0.717) is 25.3 Å². The lowest BCUT2D eigenvalue weighted by Gasteiger charge is -2.24. The Morgan fingerprint density at radius 3 is 2.67 bits per heavy atom. The Morgan fingerprint density at radius 1 is 1.12 bits per heavy atom. The first-order valence-electron chi connectivity index (χ1n) is 11.1. The second kappa shape index (κ2) is 9.87. The Kier molecular flexibility index (Phi) is 6.74. The summed E-state index contributed by atoms with van der Waals surface area (Å²) in [6.07, 6.45) is 3.65. The molecular formula is C25H30N6O2. The largest absolute Gasteiger partial charge is 0.497 e. The topological polar surface area (TPSA) is 79.3 Å². The summed E-state index contributed by atoms with van der Waals surface area (Å²) in [6, 6.07) is 13.9. The van der Waals surface area contributed by atoms with E-state index in [0.717, 1.165) is 39.9 Å². The zero-order valence-corrected chi connectivity index (χ0v) is 19.6. The molecule has 0 bridgehead atoms. The molecule has 2 aromatic carbocycles. The molecule has 2 heterocycles. The quantitative estimate of drug-likeness (QED) is 0.425. The van der Waals surface area contributed by atoms with Crippen LogP contribution in [-0.4, -0.2) is 70.0 Å². The van der Waals surface area contributed by atoms with Gasteiger partial charge in [-0.15, -0.1) is 0 Å². The number of likely N-dealkylation sites (N-methyl/N-ethyl adjacent to an activating group) is 1. The number of aromatic amines is 1. The van der Waals surface area contributed by atoms with Gasteiger partial charge in [0.25, 0.3) is 5.91 Å². The predicted molar refractivity (Wildman–Crippen MR) is 129 cm³/mol. The van der Waals surface area contributed by atoms with Crippen molar-refractivity contribution in [1.29, 1.82) is 0 Å². The number of hydrogen-bond donors (Lipinski definition) is 1. The normalized spacial score (nSPS) is 11.3. The highest BCUT2D eigenvalue weighted by atomic mass is 16.5. The van der Waals surface area contributed by atoms with E-state index in [9.17, 15) is 4.79 Å². The van der Waals surface area contributed by atoms with Crippen LogP contribution in [0.5, 0.6) is 5.75 Å². The maximum atomic E-state index is 13.8. The van der Waals surface area contributed by atoms with Gasteiger partial charge in [-0.05, 0) is 56.4 Å². The van der Waals surface area contributed by atoms with Crippen molar-refractivity contribution in [1.82, 2.24) is 29.8 Å². The van der Waals surface area contributed by atoms with E-state index < -0.39 is 0 Å². The van der Waals surface area contributed by atoms with Crippen LogP contribution in [0.3, 0.4) is 0 Å². The van der Waals surface area contributed by atoms with E-state index in [1.165, 1.54) is 0 Å². The van der Waals surface area contributed by atoms with Crippen LogP contribution >= 0.6 is 0 Å². The molecule has 4 aromatic rings. The first kappa shape index (κ1) is 22.5. The number of nitrogens with one attached hydrogen (secondary N) is 1. The van der Waals surface area contributed by atoms with E-state index in [1.807, 2.05) is 73.2 Å². The maximum absolute atomic E-state index is 13.8. The second-order valence-electron chi connectivity index (χ2n) is 8.26. The van der Waals surface area contributed by atoms with Crippen LogP contribution in [0.2, 0.25) is 0 Å². The third-order valence-corrected chi connectivity index (χ3v) is 5.70. The van der Waals surface area contributed by atoms with Gasteiger partial charge in [-0.2, -0.15) is 10.2 Å². The number of nitrogens with zero attached hydrogens (tertiary/aromatic N) is 5. The number of benzene rings is 2. The number of ether oxygens (including phenoxy) is 1. The van der Waals surface area contributed by atoms with Crippen molar-refractivity contribution in [2.75, 3.05) is 34.3 Å². The summed E-state index contributed by atoms with van der Waals surface area (Å²) in [5, 5.41) is 12.5. The molecule has 0 unspecified atom stereocenters. The third kappa shape index (κ3) is 4.90. The fourth-order valence-electron chi connectivity index (χ4n) is 3.88. The van der Waals surface area contributed by atoms with Crippen molar-refractivity contribution in [3.05, 3.63) is 66.1 Å². The molecule has 33 heavy (non-hydrogen) atoms. The number of aromatic nitrogens is 4. The van der Waals surface area contributed by atoms with Crippen molar-refractivity contribution in [3.63, 3.8) is 0 Å². The molecule has 0 atom stereocenters. The summed E-state index contributed by atoms with van der Waals surface area (Å²) in [5.74, 6) is 0.702. The molecule has 2 aromatic heterocycles. The average Bonchev–Trinajstić information content (AvgIpc) is 3.49. The minimum Gasteiger partial charge on any atom is -0.497 e. The number of H-pyrrole nitrogens is 1. The molecule has 0 saturated carbocycles. The predicted octanol–water partition coefficient (Wildman–Crippen LogP) is 3.66. The number of carbonyl (C=O) groups is 1. The van der Waals surface area contributed by atoms with Crippen molar-refractivity contribution >= 4 is 16.8 Å². The Bertz CT molecular complexity index is 1230. The minimum absolute atomic E-state index is 0.0760. The third-order valence-electron chi connectivity index (χ3n) is 5.70. The lowest BCUT2D eigenvalue weighted by molar-refractivity contribution is 0.0727. The summed E-state index contributed by atoms with van der Waals surface area (Å²) in [4.78, 5) is 17.7. The fraction of sp³-hybridized carbons (Fsp3) is 0.320. The number of methoxy groups -OCH3 is 1. The number of amides is 1. The summed E-state index contributed by atoms with van der Waals surface area (Å²) in [5.41, 5.74) is 4.47. The van der Waals surface area contributed by atoms with Gasteiger partial charge >= 0.3 is 0 Å². The lowest BCUT2D eigenvalue weighted by atomic mass is 10.1. The Labute approximate surface area is 193 Å². The first-order chi connectivity index (χ1) is 16.0. The van der Waals surface area contributed by atoms with E-state index in [2.05, 4.69) is 21.2 Å². The summed E-state index contributed by atoms with van der Waals surface area (Å²) in [6.45, 7) is 4.54. The van der Waals surface area contributed by atoms with Gasteiger partial charge in [0, 0.05) is 43.3 Å². The van der Waals surface area contributed by atoms with Crippen LogP contribution in [0.25, 0.3) is 22.0 Å². The minimum atomic E-state index is -0.0760. The molecule has 0 radical (unpaired) electrons. The van der Waals surface area contributed by atoms with Gasteiger partial charge in [0.2, 0.25) is 0 Å². The van der Waals surface area contributed by atoms with Crippen LogP contribution < -0.4 is 4.74 Å². The number of aryl methyl sites for hydroxylation is 1. The smallest absolute Gasteiger partial charge is 0.275 e. The van der Waals surface area contributed by atoms with Crippen LogP contribution in [0.15, 0.2) is 54.9 Å². The van der Waals surface area contributed by atoms with Gasteiger partial charge < -0.3 is 14.5 Å².